The summed E-state index contributed by atoms with van der Waals surface area (Å²) in [6.45, 7) is 3.72. The van der Waals surface area contributed by atoms with Gasteiger partial charge in [-0.15, -0.1) is 0 Å². The summed E-state index contributed by atoms with van der Waals surface area (Å²) in [5.41, 5.74) is 2.47. The molecular weight excluding hydrogens is 204 g/mol. The van der Waals surface area contributed by atoms with Crippen LogP contribution in [0.5, 0.6) is 0 Å². The molecular formula is C13H16O3. The van der Waals surface area contributed by atoms with Gasteiger partial charge in [0, 0.05) is 6.42 Å². The Morgan fingerprint density at radius 1 is 1.38 bits per heavy atom. The van der Waals surface area contributed by atoms with E-state index in [1.807, 2.05) is 19.9 Å². The van der Waals surface area contributed by atoms with Crippen molar-refractivity contribution in [3.05, 3.63) is 34.4 Å². The van der Waals surface area contributed by atoms with Crippen molar-refractivity contribution in [1.82, 2.24) is 0 Å². The van der Waals surface area contributed by atoms with Crippen molar-refractivity contribution in [3.8, 4) is 0 Å². The molecule has 3 heteroatoms. The molecule has 0 radical (unpaired) electrons. The lowest BCUT2D eigenvalue weighted by molar-refractivity contribution is 0.0695. The van der Waals surface area contributed by atoms with Crippen molar-refractivity contribution in [2.24, 2.45) is 0 Å². The number of carboxylic acid groups (broad SMARTS) is 1. The van der Waals surface area contributed by atoms with Crippen LogP contribution in [0.3, 0.4) is 0 Å². The fourth-order valence-electron chi connectivity index (χ4n) is 1.96. The van der Waals surface area contributed by atoms with Crippen LogP contribution in [0.2, 0.25) is 0 Å². The molecule has 1 fully saturated rings. The van der Waals surface area contributed by atoms with Gasteiger partial charge in [-0.3, -0.25) is 0 Å². The lowest BCUT2D eigenvalue weighted by atomic mass is 9.96. The van der Waals surface area contributed by atoms with Crippen molar-refractivity contribution in [3.63, 3.8) is 0 Å². The highest BCUT2D eigenvalue weighted by atomic mass is 16.4. The Labute approximate surface area is 94.7 Å². The first kappa shape index (κ1) is 11.1. The number of hydrogen-bond donors (Lipinski definition) is 2. The summed E-state index contributed by atoms with van der Waals surface area (Å²) in [6, 6.07) is 3.65. The average molecular weight is 220 g/mol. The molecule has 1 aromatic carbocycles. The van der Waals surface area contributed by atoms with Gasteiger partial charge in [0.25, 0.3) is 0 Å². The number of benzene rings is 1. The molecule has 2 N–H and O–H groups in total. The third kappa shape index (κ3) is 2.09. The van der Waals surface area contributed by atoms with Gasteiger partial charge in [0.05, 0.1) is 11.2 Å². The van der Waals surface area contributed by atoms with E-state index >= 15 is 0 Å². The zero-order chi connectivity index (χ0) is 11.9. The van der Waals surface area contributed by atoms with Crippen LogP contribution < -0.4 is 0 Å². The van der Waals surface area contributed by atoms with Gasteiger partial charge in [0.2, 0.25) is 0 Å². The Balaban J connectivity index is 2.36. The first-order valence-electron chi connectivity index (χ1n) is 5.47. The van der Waals surface area contributed by atoms with E-state index in [2.05, 4.69) is 0 Å². The normalized spacial score (nSPS) is 17.2. The Kier molecular flexibility index (Phi) is 2.50. The van der Waals surface area contributed by atoms with Crippen LogP contribution in [-0.2, 0) is 6.42 Å². The maximum Gasteiger partial charge on any atom is 0.335 e. The predicted octanol–water partition coefficient (Wildman–Crippen LogP) is 2.07. The van der Waals surface area contributed by atoms with E-state index in [1.54, 1.807) is 6.07 Å². The van der Waals surface area contributed by atoms with Crippen LogP contribution >= 0.6 is 0 Å². The van der Waals surface area contributed by atoms with E-state index in [9.17, 15) is 9.90 Å². The number of rotatable bonds is 3. The van der Waals surface area contributed by atoms with Crippen molar-refractivity contribution in [2.45, 2.75) is 38.7 Å². The monoisotopic (exact) mass is 220 g/mol. The number of carbonyl (C=O) groups is 1. The van der Waals surface area contributed by atoms with E-state index in [4.69, 9.17) is 5.11 Å². The van der Waals surface area contributed by atoms with Crippen molar-refractivity contribution >= 4 is 5.97 Å². The summed E-state index contributed by atoms with van der Waals surface area (Å²) in [5, 5.41) is 18.9. The summed E-state index contributed by atoms with van der Waals surface area (Å²) in [6.07, 6.45) is 2.21. The first-order chi connectivity index (χ1) is 7.41. The molecule has 0 bridgehead atoms. The van der Waals surface area contributed by atoms with Crippen LogP contribution in [0.25, 0.3) is 0 Å². The lowest BCUT2D eigenvalue weighted by Gasteiger charge is -2.12. The van der Waals surface area contributed by atoms with Gasteiger partial charge >= 0.3 is 5.97 Å². The van der Waals surface area contributed by atoms with Gasteiger partial charge in [-0.1, -0.05) is 6.07 Å². The number of aryl methyl sites for hydroxylation is 1. The number of hydrogen-bond acceptors (Lipinski definition) is 2. The molecule has 0 atom stereocenters. The zero-order valence-corrected chi connectivity index (χ0v) is 9.58. The standard InChI is InChI=1S/C13H16O3/c1-8-5-10(7-13(16)3-4-13)6-11(9(8)2)12(14)15/h5-6,16H,3-4,7H2,1-2H3,(H,14,15). The third-order valence-electron chi connectivity index (χ3n) is 3.32. The summed E-state index contributed by atoms with van der Waals surface area (Å²) < 4.78 is 0. The quantitative estimate of drug-likeness (QED) is 0.819. The number of carboxylic acids is 1. The van der Waals surface area contributed by atoms with E-state index < -0.39 is 11.6 Å². The SMILES string of the molecule is Cc1cc(CC2(O)CC2)cc(C(=O)O)c1C. The van der Waals surface area contributed by atoms with Crippen LogP contribution in [0, 0.1) is 13.8 Å². The largest absolute Gasteiger partial charge is 0.478 e. The highest BCUT2D eigenvalue weighted by molar-refractivity contribution is 5.90. The summed E-state index contributed by atoms with van der Waals surface area (Å²) in [5.74, 6) is -0.898. The Hall–Kier alpha value is -1.35. The molecule has 3 nitrogen and oxygen atoms in total. The highest BCUT2D eigenvalue weighted by Crippen LogP contribution is 2.38. The smallest absolute Gasteiger partial charge is 0.335 e. The van der Waals surface area contributed by atoms with Crippen LogP contribution in [0.15, 0.2) is 12.1 Å². The predicted molar refractivity (Wildman–Crippen MR) is 60.8 cm³/mol. The summed E-state index contributed by atoms with van der Waals surface area (Å²) in [7, 11) is 0. The van der Waals surface area contributed by atoms with Crippen molar-refractivity contribution < 1.29 is 15.0 Å². The molecule has 0 aromatic heterocycles. The van der Waals surface area contributed by atoms with Gasteiger partial charge in [0.1, 0.15) is 0 Å². The molecule has 1 aliphatic carbocycles. The Morgan fingerprint density at radius 3 is 2.50 bits per heavy atom. The molecule has 0 spiro atoms. The van der Waals surface area contributed by atoms with Crippen LogP contribution in [-0.4, -0.2) is 21.8 Å². The molecule has 1 aromatic rings. The van der Waals surface area contributed by atoms with Gasteiger partial charge < -0.3 is 10.2 Å². The van der Waals surface area contributed by atoms with E-state index in [0.29, 0.717) is 12.0 Å². The fourth-order valence-corrected chi connectivity index (χ4v) is 1.96. The minimum atomic E-state index is -0.898. The topological polar surface area (TPSA) is 57.5 Å². The third-order valence-corrected chi connectivity index (χ3v) is 3.32. The van der Waals surface area contributed by atoms with E-state index in [0.717, 1.165) is 29.5 Å². The Morgan fingerprint density at radius 2 is 2.00 bits per heavy atom. The maximum atomic E-state index is 11.0. The summed E-state index contributed by atoms with van der Waals surface area (Å²) >= 11 is 0. The lowest BCUT2D eigenvalue weighted by Crippen LogP contribution is -2.12. The van der Waals surface area contributed by atoms with Crippen molar-refractivity contribution in [2.75, 3.05) is 0 Å². The van der Waals surface area contributed by atoms with Crippen molar-refractivity contribution in [1.29, 1.82) is 0 Å². The molecule has 1 aliphatic rings. The van der Waals surface area contributed by atoms with Gasteiger partial charge in [-0.2, -0.15) is 0 Å². The second-order valence-electron chi connectivity index (χ2n) is 4.79. The summed E-state index contributed by atoms with van der Waals surface area (Å²) in [4.78, 5) is 11.0. The molecule has 1 saturated carbocycles. The molecule has 0 aliphatic heterocycles. The second kappa shape index (κ2) is 3.59. The first-order valence-corrected chi connectivity index (χ1v) is 5.47. The molecule has 2 rings (SSSR count). The van der Waals surface area contributed by atoms with Crippen LogP contribution in [0.4, 0.5) is 0 Å². The van der Waals surface area contributed by atoms with Crippen LogP contribution in [0.1, 0.15) is 39.9 Å². The van der Waals surface area contributed by atoms with E-state index in [1.165, 1.54) is 0 Å². The zero-order valence-electron chi connectivity index (χ0n) is 9.58. The molecule has 0 heterocycles. The maximum absolute atomic E-state index is 11.0. The minimum Gasteiger partial charge on any atom is -0.478 e. The number of aliphatic hydroxyl groups is 1. The van der Waals surface area contributed by atoms with Gasteiger partial charge in [-0.25, -0.2) is 4.79 Å². The van der Waals surface area contributed by atoms with Gasteiger partial charge in [0.15, 0.2) is 0 Å². The number of aromatic carboxylic acids is 1. The second-order valence-corrected chi connectivity index (χ2v) is 4.79. The van der Waals surface area contributed by atoms with E-state index in [-0.39, 0.29) is 0 Å². The fraction of sp³-hybridized carbons (Fsp3) is 0.462. The molecule has 0 unspecified atom stereocenters. The Bertz CT molecular complexity index is 445. The highest BCUT2D eigenvalue weighted by Gasteiger charge is 2.40. The minimum absolute atomic E-state index is 0.347. The molecule has 16 heavy (non-hydrogen) atoms. The molecule has 0 amide bonds. The molecule has 86 valence electrons. The molecule has 0 saturated heterocycles. The average Bonchev–Trinajstić information content (AvgIpc) is 2.89. The van der Waals surface area contributed by atoms with Gasteiger partial charge in [-0.05, 0) is 49.4 Å².